The summed E-state index contributed by atoms with van der Waals surface area (Å²) in [4.78, 5) is 12.5. The first-order chi connectivity index (χ1) is 14.1. The van der Waals surface area contributed by atoms with Gasteiger partial charge in [-0.25, -0.2) is 9.18 Å². The van der Waals surface area contributed by atoms with Gasteiger partial charge in [0.15, 0.2) is 0 Å². The SMILES string of the molecule is COCC#C/C(=C/C#CC(OC)(C(=O)OC)c1cccc(F)c1)c1ccccc1. The average Bonchev–Trinajstić information content (AvgIpc) is 2.76. The maximum absolute atomic E-state index is 13.7. The van der Waals surface area contributed by atoms with E-state index in [0.29, 0.717) is 5.57 Å². The Morgan fingerprint density at radius 3 is 2.48 bits per heavy atom. The lowest BCUT2D eigenvalue weighted by Crippen LogP contribution is -2.37. The number of benzene rings is 2. The van der Waals surface area contributed by atoms with Gasteiger partial charge in [0, 0.05) is 31.4 Å². The van der Waals surface area contributed by atoms with Gasteiger partial charge in [-0.1, -0.05) is 60.2 Å². The number of methoxy groups -OCH3 is 3. The zero-order valence-electron chi connectivity index (χ0n) is 16.5. The molecule has 0 N–H and O–H groups in total. The van der Waals surface area contributed by atoms with E-state index in [4.69, 9.17) is 14.2 Å². The molecule has 2 aromatic carbocycles. The second kappa shape index (κ2) is 10.8. The Morgan fingerprint density at radius 2 is 1.86 bits per heavy atom. The Morgan fingerprint density at radius 1 is 1.10 bits per heavy atom. The predicted octanol–water partition coefficient (Wildman–Crippen LogP) is 3.58. The summed E-state index contributed by atoms with van der Waals surface area (Å²) in [6.45, 7) is 0.269. The molecule has 29 heavy (non-hydrogen) atoms. The van der Waals surface area contributed by atoms with Crippen LogP contribution in [0.1, 0.15) is 11.1 Å². The van der Waals surface area contributed by atoms with Crippen LogP contribution >= 0.6 is 0 Å². The van der Waals surface area contributed by atoms with Crippen molar-refractivity contribution in [3.05, 3.63) is 77.6 Å². The third-order valence-corrected chi connectivity index (χ3v) is 4.00. The molecule has 2 rings (SSSR count). The Labute approximate surface area is 170 Å². The van der Waals surface area contributed by atoms with Crippen LogP contribution in [0.15, 0.2) is 60.7 Å². The molecule has 0 saturated carbocycles. The molecule has 2 aromatic rings. The summed E-state index contributed by atoms with van der Waals surface area (Å²) in [7, 11) is 4.10. The van der Waals surface area contributed by atoms with Gasteiger partial charge in [0.1, 0.15) is 12.4 Å². The van der Waals surface area contributed by atoms with Gasteiger partial charge in [-0.05, 0) is 23.6 Å². The van der Waals surface area contributed by atoms with Crippen LogP contribution in [-0.2, 0) is 24.6 Å². The summed E-state index contributed by atoms with van der Waals surface area (Å²) < 4.78 is 29.0. The number of rotatable bonds is 5. The highest BCUT2D eigenvalue weighted by molar-refractivity contribution is 5.86. The monoisotopic (exact) mass is 392 g/mol. The molecule has 0 fully saturated rings. The molecule has 4 nitrogen and oxygen atoms in total. The lowest BCUT2D eigenvalue weighted by atomic mass is 9.93. The quantitative estimate of drug-likeness (QED) is 0.576. The van der Waals surface area contributed by atoms with Gasteiger partial charge >= 0.3 is 5.97 Å². The normalized spacial score (nSPS) is 12.6. The zero-order valence-corrected chi connectivity index (χ0v) is 16.5. The molecule has 0 aliphatic heterocycles. The number of allylic oxidation sites excluding steroid dienone is 2. The van der Waals surface area contributed by atoms with Crippen LogP contribution in [0, 0.1) is 29.5 Å². The second-order valence-corrected chi connectivity index (χ2v) is 5.82. The molecule has 0 aromatic heterocycles. The largest absolute Gasteiger partial charge is 0.466 e. The van der Waals surface area contributed by atoms with E-state index in [1.165, 1.54) is 32.4 Å². The van der Waals surface area contributed by atoms with Crippen molar-refractivity contribution in [2.75, 3.05) is 27.9 Å². The molecule has 0 aliphatic carbocycles. The van der Waals surface area contributed by atoms with Crippen LogP contribution in [0.25, 0.3) is 5.57 Å². The van der Waals surface area contributed by atoms with Crippen molar-refractivity contribution in [1.29, 1.82) is 0 Å². The summed E-state index contributed by atoms with van der Waals surface area (Å²) in [5, 5.41) is 0. The van der Waals surface area contributed by atoms with Gasteiger partial charge in [0.2, 0.25) is 0 Å². The van der Waals surface area contributed by atoms with Crippen molar-refractivity contribution in [3.8, 4) is 23.7 Å². The molecule has 1 atom stereocenters. The molecule has 0 amide bonds. The summed E-state index contributed by atoms with van der Waals surface area (Å²) >= 11 is 0. The minimum atomic E-state index is -1.77. The van der Waals surface area contributed by atoms with Gasteiger partial charge in [0.25, 0.3) is 5.60 Å². The number of hydrogen-bond acceptors (Lipinski definition) is 4. The van der Waals surface area contributed by atoms with E-state index in [1.807, 2.05) is 30.3 Å². The first-order valence-corrected chi connectivity index (χ1v) is 8.73. The van der Waals surface area contributed by atoms with Crippen LogP contribution in [0.3, 0.4) is 0 Å². The minimum Gasteiger partial charge on any atom is -0.466 e. The fraction of sp³-hybridized carbons (Fsp3) is 0.208. The van der Waals surface area contributed by atoms with Gasteiger partial charge in [-0.15, -0.1) is 0 Å². The van der Waals surface area contributed by atoms with Crippen molar-refractivity contribution in [2.45, 2.75) is 5.60 Å². The number of esters is 1. The highest BCUT2D eigenvalue weighted by atomic mass is 19.1. The highest BCUT2D eigenvalue weighted by Gasteiger charge is 2.40. The fourth-order valence-electron chi connectivity index (χ4n) is 2.57. The first-order valence-electron chi connectivity index (χ1n) is 8.73. The molecular weight excluding hydrogens is 371 g/mol. The highest BCUT2D eigenvalue weighted by Crippen LogP contribution is 2.27. The van der Waals surface area contributed by atoms with E-state index in [2.05, 4.69) is 23.7 Å². The molecule has 0 aliphatic rings. The summed E-state index contributed by atoms with van der Waals surface area (Å²) in [5.74, 6) is 10.2. The molecule has 0 radical (unpaired) electrons. The molecule has 0 saturated heterocycles. The zero-order chi connectivity index (χ0) is 21.1. The number of hydrogen-bond donors (Lipinski definition) is 0. The van der Waals surface area contributed by atoms with Crippen LogP contribution in [0.5, 0.6) is 0 Å². The van der Waals surface area contributed by atoms with Crippen molar-refractivity contribution >= 4 is 11.5 Å². The van der Waals surface area contributed by atoms with Crippen LogP contribution in [-0.4, -0.2) is 33.9 Å². The van der Waals surface area contributed by atoms with Crippen LogP contribution in [0.4, 0.5) is 4.39 Å². The lowest BCUT2D eigenvalue weighted by Gasteiger charge is -2.24. The van der Waals surface area contributed by atoms with Crippen LogP contribution < -0.4 is 0 Å². The fourth-order valence-corrected chi connectivity index (χ4v) is 2.57. The lowest BCUT2D eigenvalue weighted by molar-refractivity contribution is -0.160. The molecule has 0 bridgehead atoms. The second-order valence-electron chi connectivity index (χ2n) is 5.82. The Bertz CT molecular complexity index is 990. The standard InChI is InChI=1S/C24H21FO4/c1-27-17-9-13-20(19-10-5-4-6-11-19)12-8-16-24(29-3,23(26)28-2)21-14-7-15-22(25)18-21/h4-7,10-12,14-15,18H,17H2,1-3H3/b20-12-. The Hall–Kier alpha value is -3.38. The maximum atomic E-state index is 13.7. The van der Waals surface area contributed by atoms with Crippen molar-refractivity contribution in [3.63, 3.8) is 0 Å². The van der Waals surface area contributed by atoms with Crippen molar-refractivity contribution in [1.82, 2.24) is 0 Å². The van der Waals surface area contributed by atoms with Crippen molar-refractivity contribution in [2.24, 2.45) is 0 Å². The Balaban J connectivity index is 2.55. The van der Waals surface area contributed by atoms with E-state index < -0.39 is 17.4 Å². The molecule has 0 heterocycles. The van der Waals surface area contributed by atoms with E-state index >= 15 is 0 Å². The van der Waals surface area contributed by atoms with Gasteiger partial charge in [-0.3, -0.25) is 0 Å². The van der Waals surface area contributed by atoms with Crippen LogP contribution in [0.2, 0.25) is 0 Å². The molecule has 148 valence electrons. The van der Waals surface area contributed by atoms with Gasteiger partial charge in [0.05, 0.1) is 7.11 Å². The molecule has 1 unspecified atom stereocenters. The summed E-state index contributed by atoms with van der Waals surface area (Å²) in [6.07, 6.45) is 1.58. The average molecular weight is 392 g/mol. The predicted molar refractivity (Wildman–Crippen MR) is 109 cm³/mol. The van der Waals surface area contributed by atoms with E-state index in [1.54, 1.807) is 19.3 Å². The van der Waals surface area contributed by atoms with Crippen molar-refractivity contribution < 1.29 is 23.4 Å². The third-order valence-electron chi connectivity index (χ3n) is 4.00. The number of halogens is 1. The maximum Gasteiger partial charge on any atom is 0.355 e. The molecule has 0 spiro atoms. The topological polar surface area (TPSA) is 44.8 Å². The van der Waals surface area contributed by atoms with Gasteiger partial charge in [-0.2, -0.15) is 0 Å². The molecular formula is C24H21FO4. The van der Waals surface area contributed by atoms with E-state index in [0.717, 1.165) is 5.56 Å². The summed E-state index contributed by atoms with van der Waals surface area (Å²) in [5.41, 5.74) is -0.0317. The minimum absolute atomic E-state index is 0.236. The first kappa shape index (κ1) is 21.9. The summed E-state index contributed by atoms with van der Waals surface area (Å²) in [6, 6.07) is 14.9. The van der Waals surface area contributed by atoms with E-state index in [-0.39, 0.29) is 12.2 Å². The number of carbonyl (C=O) groups excluding carboxylic acids is 1. The number of carbonyl (C=O) groups is 1. The smallest absolute Gasteiger partial charge is 0.355 e. The van der Waals surface area contributed by atoms with E-state index in [9.17, 15) is 9.18 Å². The third kappa shape index (κ3) is 5.56. The molecule has 5 heteroatoms. The Kier molecular flexibility index (Phi) is 8.18. The van der Waals surface area contributed by atoms with Gasteiger partial charge < -0.3 is 14.2 Å². The number of ether oxygens (including phenoxy) is 3.